The Morgan fingerprint density at radius 1 is 1.09 bits per heavy atom. The number of anilines is 1. The molecule has 0 aliphatic carbocycles. The van der Waals surface area contributed by atoms with Gasteiger partial charge in [0.1, 0.15) is 48.5 Å². The Bertz CT molecular complexity index is 1000. The zero-order chi connectivity index (χ0) is 23.2. The summed E-state index contributed by atoms with van der Waals surface area (Å²) in [6.07, 6.45) is -8.36. The quantitative estimate of drug-likeness (QED) is 0.191. The van der Waals surface area contributed by atoms with Crippen molar-refractivity contribution in [1.29, 1.82) is 0 Å². The molecule has 16 nitrogen and oxygen atoms in total. The normalized spacial score (nSPS) is 35.7. The van der Waals surface area contributed by atoms with E-state index in [1.807, 2.05) is 0 Å². The van der Waals surface area contributed by atoms with E-state index in [1.54, 1.807) is 0 Å². The molecule has 2 fully saturated rings. The second kappa shape index (κ2) is 8.85. The van der Waals surface area contributed by atoms with Gasteiger partial charge in [-0.15, -0.1) is 0 Å². The van der Waals surface area contributed by atoms with Gasteiger partial charge in [-0.25, -0.2) is 19.5 Å². The van der Waals surface area contributed by atoms with Gasteiger partial charge in [-0.05, 0) is 0 Å². The predicted octanol–water partition coefficient (Wildman–Crippen LogP) is -3.40. The average molecular weight is 479 g/mol. The third-order valence-corrected chi connectivity index (χ3v) is 5.66. The lowest BCUT2D eigenvalue weighted by atomic mass is 10.1. The Morgan fingerprint density at radius 3 is 2.53 bits per heavy atom. The fourth-order valence-corrected chi connectivity index (χ4v) is 3.93. The molecule has 8 atom stereocenters. The fraction of sp³-hybridized carbons (Fsp3) is 0.667. The van der Waals surface area contributed by atoms with Gasteiger partial charge in [-0.2, -0.15) is 0 Å². The van der Waals surface area contributed by atoms with Crippen molar-refractivity contribution < 1.29 is 53.5 Å². The highest BCUT2D eigenvalue weighted by Crippen LogP contribution is 2.39. The molecule has 2 aliphatic rings. The highest BCUT2D eigenvalue weighted by molar-refractivity contribution is 7.46. The molecule has 4 heterocycles. The zero-order valence-corrected chi connectivity index (χ0v) is 17.1. The molecule has 8 N–H and O–H groups in total. The van der Waals surface area contributed by atoms with Crippen molar-refractivity contribution in [2.24, 2.45) is 0 Å². The van der Waals surface area contributed by atoms with E-state index >= 15 is 0 Å². The van der Waals surface area contributed by atoms with Crippen molar-refractivity contribution >= 4 is 24.8 Å². The monoisotopic (exact) mass is 479 g/mol. The predicted molar refractivity (Wildman–Crippen MR) is 100 cm³/mol. The molecule has 8 unspecified atom stereocenters. The van der Waals surface area contributed by atoms with Crippen LogP contribution in [0.2, 0.25) is 0 Å². The van der Waals surface area contributed by atoms with E-state index in [-0.39, 0.29) is 17.0 Å². The highest BCUT2D eigenvalue weighted by atomic mass is 31.2. The number of ether oxygens (including phenoxy) is 3. The van der Waals surface area contributed by atoms with Gasteiger partial charge in [0.2, 0.25) is 0 Å². The lowest BCUT2D eigenvalue weighted by Crippen LogP contribution is -2.42. The number of aromatic nitrogens is 4. The summed E-state index contributed by atoms with van der Waals surface area (Å²) in [7, 11) is -4.84. The van der Waals surface area contributed by atoms with Gasteiger partial charge in [-0.3, -0.25) is 9.09 Å². The van der Waals surface area contributed by atoms with Gasteiger partial charge in [0.25, 0.3) is 0 Å². The van der Waals surface area contributed by atoms with Crippen LogP contribution in [0, 0.1) is 0 Å². The van der Waals surface area contributed by atoms with Crippen molar-refractivity contribution in [3.8, 4) is 0 Å². The van der Waals surface area contributed by atoms with Crippen LogP contribution < -0.4 is 5.73 Å². The van der Waals surface area contributed by atoms with E-state index in [1.165, 1.54) is 17.2 Å². The molecule has 0 radical (unpaired) electrons. The Kier molecular flexibility index (Phi) is 6.45. The van der Waals surface area contributed by atoms with Gasteiger partial charge in [-0.1, -0.05) is 0 Å². The minimum Gasteiger partial charge on any atom is -0.394 e. The fourth-order valence-electron chi connectivity index (χ4n) is 3.59. The number of nitrogen functional groups attached to an aromatic ring is 1. The lowest BCUT2D eigenvalue weighted by Gasteiger charge is -2.26. The van der Waals surface area contributed by atoms with Crippen molar-refractivity contribution in [3.05, 3.63) is 12.7 Å². The van der Waals surface area contributed by atoms with Gasteiger partial charge < -0.3 is 50.2 Å². The van der Waals surface area contributed by atoms with Crippen LogP contribution in [0.5, 0.6) is 0 Å². The number of fused-ring (bicyclic) bond motifs is 1. The SMILES string of the molecule is Nc1ncnc2c1ncn2C1OC(CO)C(O)C1OC1OC(COP(=O)(O)O)C(O)C1O. The number of rotatable bonds is 7. The molecule has 178 valence electrons. The molecular weight excluding hydrogens is 457 g/mol. The van der Waals surface area contributed by atoms with Gasteiger partial charge in [0, 0.05) is 0 Å². The number of phosphoric acid groups is 1. The second-order valence-electron chi connectivity index (χ2n) is 7.23. The molecule has 0 aromatic carbocycles. The Labute approximate surface area is 179 Å². The maximum absolute atomic E-state index is 10.9. The summed E-state index contributed by atoms with van der Waals surface area (Å²) in [5.41, 5.74) is 6.30. The van der Waals surface area contributed by atoms with Crippen molar-refractivity contribution in [1.82, 2.24) is 19.5 Å². The number of nitrogens with zero attached hydrogens (tertiary/aromatic N) is 4. The van der Waals surface area contributed by atoms with Crippen molar-refractivity contribution in [2.75, 3.05) is 18.9 Å². The number of aliphatic hydroxyl groups is 4. The van der Waals surface area contributed by atoms with Crippen molar-refractivity contribution in [2.45, 2.75) is 49.1 Å². The van der Waals surface area contributed by atoms with Crippen molar-refractivity contribution in [3.63, 3.8) is 0 Å². The Balaban J connectivity index is 1.56. The smallest absolute Gasteiger partial charge is 0.394 e. The molecular formula is C15H22N5O11P. The van der Waals surface area contributed by atoms with E-state index in [4.69, 9.17) is 29.7 Å². The topological polar surface area (TPSA) is 245 Å². The van der Waals surface area contributed by atoms with Crippen LogP contribution in [0.3, 0.4) is 0 Å². The minimum atomic E-state index is -4.84. The van der Waals surface area contributed by atoms with E-state index in [0.717, 1.165) is 0 Å². The van der Waals surface area contributed by atoms with E-state index in [0.29, 0.717) is 0 Å². The summed E-state index contributed by atoms with van der Waals surface area (Å²) in [6.45, 7) is -1.28. The Morgan fingerprint density at radius 2 is 1.84 bits per heavy atom. The molecule has 0 bridgehead atoms. The summed E-state index contributed by atoms with van der Waals surface area (Å²) >= 11 is 0. The molecule has 0 saturated carbocycles. The van der Waals surface area contributed by atoms with Crippen LogP contribution in [-0.2, 0) is 23.3 Å². The molecule has 2 aromatic rings. The van der Waals surface area contributed by atoms with E-state index < -0.39 is 70.2 Å². The Hall–Kier alpha value is -1.82. The first-order valence-electron chi connectivity index (χ1n) is 9.35. The maximum Gasteiger partial charge on any atom is 0.469 e. The number of hydrogen-bond acceptors (Lipinski definition) is 13. The summed E-state index contributed by atoms with van der Waals surface area (Å²) in [5.74, 6) is 0.106. The van der Waals surface area contributed by atoms with E-state index in [2.05, 4.69) is 19.5 Å². The van der Waals surface area contributed by atoms with Crippen LogP contribution >= 0.6 is 7.82 Å². The third kappa shape index (κ3) is 4.35. The number of imidazole rings is 1. The summed E-state index contributed by atoms with van der Waals surface area (Å²) in [6, 6.07) is 0. The van der Waals surface area contributed by atoms with E-state index in [9.17, 15) is 25.0 Å². The first kappa shape index (κ1) is 23.3. The molecule has 2 aliphatic heterocycles. The molecule has 0 spiro atoms. The number of hydrogen-bond donors (Lipinski definition) is 7. The molecule has 0 amide bonds. The van der Waals surface area contributed by atoms with Gasteiger partial charge in [0.05, 0.1) is 19.5 Å². The second-order valence-corrected chi connectivity index (χ2v) is 8.47. The maximum atomic E-state index is 10.9. The molecule has 2 aromatic heterocycles. The average Bonchev–Trinajstić information content (AvgIpc) is 3.38. The van der Waals surface area contributed by atoms with Crippen LogP contribution in [0.25, 0.3) is 11.2 Å². The third-order valence-electron chi connectivity index (χ3n) is 5.17. The number of phosphoric ester groups is 1. The molecule has 4 rings (SSSR count). The summed E-state index contributed by atoms with van der Waals surface area (Å²) < 4.78 is 33.3. The first-order valence-corrected chi connectivity index (χ1v) is 10.9. The largest absolute Gasteiger partial charge is 0.469 e. The highest BCUT2D eigenvalue weighted by Gasteiger charge is 2.51. The summed E-state index contributed by atoms with van der Waals surface area (Å²) in [5, 5.41) is 40.5. The standard InChI is InChI=1S/C15H22N5O11P/c16-12-7-13(18-3-17-12)20(4-19-7)14-11(9(23)5(1-21)29-14)31-15-10(24)8(22)6(30-15)2-28-32(25,26)27/h3-6,8-11,14-15,21-24H,1-2H2,(H2,16,17,18)(H2,25,26,27). The first-order chi connectivity index (χ1) is 15.1. The lowest BCUT2D eigenvalue weighted by molar-refractivity contribution is -0.219. The molecule has 17 heteroatoms. The summed E-state index contributed by atoms with van der Waals surface area (Å²) in [4.78, 5) is 29.7. The zero-order valence-electron chi connectivity index (χ0n) is 16.2. The van der Waals surface area contributed by atoms with Gasteiger partial charge >= 0.3 is 7.82 Å². The van der Waals surface area contributed by atoms with Crippen LogP contribution in [0.1, 0.15) is 6.23 Å². The molecule has 2 saturated heterocycles. The number of nitrogens with two attached hydrogens (primary N) is 1. The van der Waals surface area contributed by atoms with Crippen LogP contribution in [0.4, 0.5) is 5.82 Å². The van der Waals surface area contributed by atoms with Crippen LogP contribution in [-0.4, -0.2) is 106 Å². The molecule has 32 heavy (non-hydrogen) atoms. The van der Waals surface area contributed by atoms with Gasteiger partial charge in [0.15, 0.2) is 24.0 Å². The van der Waals surface area contributed by atoms with Crippen LogP contribution in [0.15, 0.2) is 12.7 Å². The minimum absolute atomic E-state index is 0.106. The number of aliphatic hydroxyl groups excluding tert-OH is 4.